The van der Waals surface area contributed by atoms with Gasteiger partial charge in [-0.2, -0.15) is 0 Å². The SMILES string of the molecule is CC(C)(C)O[C]=O.C[S+](C)[O-]. The average Bonchev–Trinajstić information content (AvgIpc) is 1.58. The van der Waals surface area contributed by atoms with Crippen molar-refractivity contribution in [3.05, 3.63) is 0 Å². The van der Waals surface area contributed by atoms with Crippen molar-refractivity contribution in [2.75, 3.05) is 12.5 Å². The van der Waals surface area contributed by atoms with E-state index in [2.05, 4.69) is 4.74 Å². The summed E-state index contributed by atoms with van der Waals surface area (Å²) in [6.45, 7) is 6.73. The summed E-state index contributed by atoms with van der Waals surface area (Å²) in [5, 5.41) is 0. The average molecular weight is 179 g/mol. The van der Waals surface area contributed by atoms with Gasteiger partial charge in [-0.3, -0.25) is 0 Å². The molecule has 0 atom stereocenters. The molecule has 3 nitrogen and oxygen atoms in total. The molecular formula is C7H15O3S. The van der Waals surface area contributed by atoms with Crippen molar-refractivity contribution < 1.29 is 14.1 Å². The van der Waals surface area contributed by atoms with Crippen LogP contribution >= 0.6 is 0 Å². The number of ether oxygens (including phenoxy) is 1. The Hall–Kier alpha value is -0.220. The second kappa shape index (κ2) is 6.49. The van der Waals surface area contributed by atoms with E-state index in [9.17, 15) is 9.35 Å². The molecule has 0 aliphatic carbocycles. The summed E-state index contributed by atoms with van der Waals surface area (Å²) in [7, 11) is 0. The van der Waals surface area contributed by atoms with E-state index in [-0.39, 0.29) is 5.60 Å². The van der Waals surface area contributed by atoms with Crippen LogP contribution in [0.4, 0.5) is 0 Å². The maximum Gasteiger partial charge on any atom is 0.418 e. The highest BCUT2D eigenvalue weighted by Gasteiger charge is 2.08. The number of hydrogen-bond acceptors (Lipinski definition) is 3. The van der Waals surface area contributed by atoms with Crippen molar-refractivity contribution in [1.29, 1.82) is 0 Å². The van der Waals surface area contributed by atoms with Gasteiger partial charge in [-0.1, -0.05) is 11.2 Å². The van der Waals surface area contributed by atoms with Crippen LogP contribution in [0.15, 0.2) is 0 Å². The smallest absolute Gasteiger partial charge is 0.418 e. The Morgan fingerprint density at radius 1 is 1.36 bits per heavy atom. The lowest BCUT2D eigenvalue weighted by atomic mass is 10.2. The van der Waals surface area contributed by atoms with Gasteiger partial charge in [-0.15, -0.1) is 0 Å². The molecular weight excluding hydrogens is 164 g/mol. The predicted octanol–water partition coefficient (Wildman–Crippen LogP) is 0.863. The zero-order chi connectivity index (χ0) is 9.49. The van der Waals surface area contributed by atoms with Crippen molar-refractivity contribution in [2.24, 2.45) is 0 Å². The van der Waals surface area contributed by atoms with Gasteiger partial charge in [-0.25, -0.2) is 4.79 Å². The Morgan fingerprint density at radius 3 is 1.64 bits per heavy atom. The molecule has 0 aromatic carbocycles. The van der Waals surface area contributed by atoms with E-state index >= 15 is 0 Å². The lowest BCUT2D eigenvalue weighted by molar-refractivity contribution is 0.109. The van der Waals surface area contributed by atoms with Gasteiger partial charge < -0.3 is 9.29 Å². The van der Waals surface area contributed by atoms with Crippen molar-refractivity contribution in [3.8, 4) is 0 Å². The molecule has 4 heteroatoms. The topological polar surface area (TPSA) is 49.4 Å². The largest absolute Gasteiger partial charge is 0.617 e. The fourth-order valence-electron chi connectivity index (χ4n) is 0.125. The maximum absolute atomic E-state index is 9.56. The van der Waals surface area contributed by atoms with Crippen LogP contribution in [-0.2, 0) is 20.7 Å². The van der Waals surface area contributed by atoms with E-state index < -0.39 is 11.2 Å². The van der Waals surface area contributed by atoms with E-state index in [0.717, 1.165) is 0 Å². The standard InChI is InChI=1S/C5H9O2.C2H6OS/c1-5(2,3)7-4-6;1-4(2)3/h1-3H3;1-2H3. The van der Waals surface area contributed by atoms with Gasteiger partial charge in [-0.05, 0) is 20.8 Å². The zero-order valence-electron chi connectivity index (χ0n) is 7.63. The molecule has 0 rings (SSSR count). The molecule has 1 radical (unpaired) electrons. The van der Waals surface area contributed by atoms with Gasteiger partial charge in [0, 0.05) is 0 Å². The molecule has 0 unspecified atom stereocenters. The third kappa shape index (κ3) is 41.4. The molecule has 0 N–H and O–H groups in total. The van der Waals surface area contributed by atoms with Crippen LogP contribution in [0.25, 0.3) is 0 Å². The van der Waals surface area contributed by atoms with Crippen LogP contribution in [-0.4, -0.2) is 29.1 Å². The molecule has 0 saturated heterocycles. The number of hydrogen-bond donors (Lipinski definition) is 0. The molecule has 0 heterocycles. The molecule has 0 aromatic heterocycles. The Morgan fingerprint density at radius 2 is 1.64 bits per heavy atom. The van der Waals surface area contributed by atoms with Crippen LogP contribution < -0.4 is 0 Å². The molecule has 0 amide bonds. The summed E-state index contributed by atoms with van der Waals surface area (Å²) in [6, 6.07) is 0. The van der Waals surface area contributed by atoms with Crippen molar-refractivity contribution in [3.63, 3.8) is 0 Å². The Kier molecular flexibility index (Phi) is 7.89. The third-order valence-corrected chi connectivity index (χ3v) is 0.348. The van der Waals surface area contributed by atoms with Gasteiger partial charge >= 0.3 is 6.47 Å². The summed E-state index contributed by atoms with van der Waals surface area (Å²) in [4.78, 5) is 9.47. The lowest BCUT2D eigenvalue weighted by Crippen LogP contribution is -2.17. The summed E-state index contributed by atoms with van der Waals surface area (Å²) in [6.07, 6.45) is 3.28. The van der Waals surface area contributed by atoms with E-state index in [0.29, 0.717) is 0 Å². The van der Waals surface area contributed by atoms with E-state index in [1.807, 2.05) is 0 Å². The van der Waals surface area contributed by atoms with Gasteiger partial charge in [0.25, 0.3) is 0 Å². The molecule has 0 fully saturated rings. The van der Waals surface area contributed by atoms with Crippen LogP contribution in [0.5, 0.6) is 0 Å². The summed E-state index contributed by atoms with van der Waals surface area (Å²) in [5.74, 6) is 0. The molecule has 0 saturated carbocycles. The van der Waals surface area contributed by atoms with Crippen LogP contribution in [0.3, 0.4) is 0 Å². The van der Waals surface area contributed by atoms with Crippen LogP contribution in [0.2, 0.25) is 0 Å². The molecule has 0 bridgehead atoms. The summed E-state index contributed by atoms with van der Waals surface area (Å²) >= 11 is -0.611. The lowest BCUT2D eigenvalue weighted by Gasteiger charge is -2.13. The minimum Gasteiger partial charge on any atom is -0.617 e. The van der Waals surface area contributed by atoms with Gasteiger partial charge in [0.15, 0.2) is 0 Å². The highest BCUT2D eigenvalue weighted by molar-refractivity contribution is 7.89. The first kappa shape index (κ1) is 13.4. The van der Waals surface area contributed by atoms with Crippen molar-refractivity contribution in [1.82, 2.24) is 0 Å². The second-order valence-corrected chi connectivity index (χ2v) is 4.52. The van der Waals surface area contributed by atoms with Gasteiger partial charge in [0.05, 0.1) is 12.5 Å². The minimum absolute atomic E-state index is 0.373. The number of rotatable bonds is 1. The first-order valence-corrected chi connectivity index (χ1v) is 5.06. The first-order chi connectivity index (χ1) is 4.79. The highest BCUT2D eigenvalue weighted by atomic mass is 32.2. The molecule has 0 spiro atoms. The van der Waals surface area contributed by atoms with Crippen LogP contribution in [0, 0.1) is 0 Å². The Labute approximate surface area is 71.3 Å². The van der Waals surface area contributed by atoms with Gasteiger partial charge in [0.1, 0.15) is 5.60 Å². The quantitative estimate of drug-likeness (QED) is 0.561. The Balaban J connectivity index is 0. The predicted molar refractivity (Wildman–Crippen MR) is 46.5 cm³/mol. The first-order valence-electron chi connectivity index (χ1n) is 3.10. The minimum atomic E-state index is -0.611. The fraction of sp³-hybridized carbons (Fsp3) is 0.857. The second-order valence-electron chi connectivity index (χ2n) is 3.04. The number of carbonyl (C=O) groups excluding carboxylic acids is 1. The molecule has 0 aliphatic rings. The van der Waals surface area contributed by atoms with E-state index in [1.165, 1.54) is 6.47 Å². The zero-order valence-corrected chi connectivity index (χ0v) is 8.45. The van der Waals surface area contributed by atoms with E-state index in [1.54, 1.807) is 33.3 Å². The molecule has 67 valence electrons. The van der Waals surface area contributed by atoms with Gasteiger partial charge in [0.2, 0.25) is 0 Å². The normalized spacial score (nSPS) is 10.1. The monoisotopic (exact) mass is 179 g/mol. The fourth-order valence-corrected chi connectivity index (χ4v) is 0.125. The Bertz CT molecular complexity index is 93.6. The summed E-state index contributed by atoms with van der Waals surface area (Å²) in [5.41, 5.74) is -0.373. The summed E-state index contributed by atoms with van der Waals surface area (Å²) < 4.78 is 14.0. The van der Waals surface area contributed by atoms with Crippen molar-refractivity contribution >= 4 is 17.6 Å². The maximum atomic E-state index is 9.56. The molecule has 11 heavy (non-hydrogen) atoms. The van der Waals surface area contributed by atoms with Crippen LogP contribution in [0.1, 0.15) is 20.8 Å². The highest BCUT2D eigenvalue weighted by Crippen LogP contribution is 2.02. The third-order valence-electron chi connectivity index (χ3n) is 0.348. The molecule has 0 aliphatic heterocycles. The van der Waals surface area contributed by atoms with Crippen molar-refractivity contribution in [2.45, 2.75) is 26.4 Å². The van der Waals surface area contributed by atoms with E-state index in [4.69, 9.17) is 0 Å². The molecule has 0 aromatic rings.